The van der Waals surface area contributed by atoms with Crippen LogP contribution in [0.5, 0.6) is 0 Å². The first-order valence-electron chi connectivity index (χ1n) is 9.18. The molecule has 0 spiro atoms. The van der Waals surface area contributed by atoms with Crippen LogP contribution in [0.1, 0.15) is 19.3 Å². The van der Waals surface area contributed by atoms with Crippen LogP contribution in [0.3, 0.4) is 0 Å². The highest BCUT2D eigenvalue weighted by Crippen LogP contribution is 2.20. The van der Waals surface area contributed by atoms with Crippen molar-refractivity contribution in [2.45, 2.75) is 24.2 Å². The number of rotatable bonds is 9. The average molecular weight is 445 g/mol. The predicted octanol–water partition coefficient (Wildman–Crippen LogP) is 3.31. The lowest BCUT2D eigenvalue weighted by molar-refractivity contribution is -0.129. The quantitative estimate of drug-likeness (QED) is 0.456. The molecule has 0 atom stereocenters. The van der Waals surface area contributed by atoms with Gasteiger partial charge in [0, 0.05) is 35.0 Å². The molecule has 0 heterocycles. The van der Waals surface area contributed by atoms with Gasteiger partial charge in [0.1, 0.15) is 0 Å². The van der Waals surface area contributed by atoms with Gasteiger partial charge in [-0.2, -0.15) is 5.26 Å². The smallest absolute Gasteiger partial charge is 0.248 e. The number of hydrogen-bond acceptors (Lipinski definition) is 5. The van der Waals surface area contributed by atoms with Gasteiger partial charge in [-0.25, -0.2) is 0 Å². The number of halogens is 1. The molecule has 0 bridgehead atoms. The SMILES string of the molecule is N#CCCN(C(=O)CCC(=O)NNC(=O)CSc1ccc(Cl)cc1)c1ccccc1. The second-order valence-corrected chi connectivity index (χ2v) is 7.61. The van der Waals surface area contributed by atoms with E-state index in [0.29, 0.717) is 10.7 Å². The lowest BCUT2D eigenvalue weighted by Crippen LogP contribution is -2.43. The number of carbonyl (C=O) groups excluding carboxylic acids is 3. The van der Waals surface area contributed by atoms with Gasteiger partial charge in [-0.15, -0.1) is 11.8 Å². The van der Waals surface area contributed by atoms with Crippen molar-refractivity contribution in [3.63, 3.8) is 0 Å². The molecule has 3 amide bonds. The number of nitrogens with zero attached hydrogens (tertiary/aromatic N) is 2. The van der Waals surface area contributed by atoms with E-state index in [9.17, 15) is 14.4 Å². The van der Waals surface area contributed by atoms with E-state index >= 15 is 0 Å². The zero-order chi connectivity index (χ0) is 21.8. The number of para-hydroxylation sites is 1. The van der Waals surface area contributed by atoms with Crippen molar-refractivity contribution in [3.8, 4) is 6.07 Å². The van der Waals surface area contributed by atoms with Crippen molar-refractivity contribution in [2.24, 2.45) is 0 Å². The Labute approximate surface area is 184 Å². The average Bonchev–Trinajstić information content (AvgIpc) is 2.76. The maximum Gasteiger partial charge on any atom is 0.248 e. The molecule has 0 saturated carbocycles. The lowest BCUT2D eigenvalue weighted by Gasteiger charge is -2.21. The molecule has 0 aliphatic rings. The molecule has 2 rings (SSSR count). The van der Waals surface area contributed by atoms with Gasteiger partial charge in [-0.05, 0) is 36.4 Å². The zero-order valence-corrected chi connectivity index (χ0v) is 17.7. The van der Waals surface area contributed by atoms with Gasteiger partial charge in [0.15, 0.2) is 0 Å². The van der Waals surface area contributed by atoms with Gasteiger partial charge >= 0.3 is 0 Å². The molecule has 2 aromatic rings. The van der Waals surface area contributed by atoms with Crippen LogP contribution in [0.2, 0.25) is 5.02 Å². The molecular weight excluding hydrogens is 424 g/mol. The maximum absolute atomic E-state index is 12.5. The molecule has 0 aromatic heterocycles. The Morgan fingerprint density at radius 3 is 2.30 bits per heavy atom. The van der Waals surface area contributed by atoms with E-state index in [1.54, 1.807) is 48.5 Å². The van der Waals surface area contributed by atoms with E-state index in [0.717, 1.165) is 4.90 Å². The standard InChI is InChI=1S/C21H21ClN4O3S/c22-16-7-9-18(10-8-16)30-15-20(28)25-24-19(27)11-12-21(29)26(14-4-13-23)17-5-2-1-3-6-17/h1-3,5-10H,4,11-12,14-15H2,(H,24,27)(H,25,28). The summed E-state index contributed by atoms with van der Waals surface area (Å²) in [7, 11) is 0. The Morgan fingerprint density at radius 1 is 0.967 bits per heavy atom. The van der Waals surface area contributed by atoms with E-state index in [-0.39, 0.29) is 43.4 Å². The number of hydrogen-bond donors (Lipinski definition) is 2. The highest BCUT2D eigenvalue weighted by Gasteiger charge is 2.17. The minimum atomic E-state index is -0.471. The molecule has 7 nitrogen and oxygen atoms in total. The Bertz CT molecular complexity index is 901. The number of hydrazine groups is 1. The minimum absolute atomic E-state index is 0.0401. The molecular formula is C21H21ClN4O3S. The zero-order valence-electron chi connectivity index (χ0n) is 16.1. The van der Waals surface area contributed by atoms with Crippen molar-refractivity contribution >= 4 is 46.8 Å². The number of nitriles is 1. The van der Waals surface area contributed by atoms with E-state index in [4.69, 9.17) is 16.9 Å². The van der Waals surface area contributed by atoms with Crippen LogP contribution in [0.4, 0.5) is 5.69 Å². The Morgan fingerprint density at radius 2 is 1.63 bits per heavy atom. The number of thioether (sulfide) groups is 1. The van der Waals surface area contributed by atoms with E-state index in [1.165, 1.54) is 16.7 Å². The fraction of sp³-hybridized carbons (Fsp3) is 0.238. The third-order valence-corrected chi connectivity index (χ3v) is 5.17. The maximum atomic E-state index is 12.5. The fourth-order valence-electron chi connectivity index (χ4n) is 2.44. The van der Waals surface area contributed by atoms with E-state index < -0.39 is 5.91 Å². The van der Waals surface area contributed by atoms with Crippen molar-refractivity contribution in [2.75, 3.05) is 17.2 Å². The predicted molar refractivity (Wildman–Crippen MR) is 117 cm³/mol. The van der Waals surface area contributed by atoms with Gasteiger partial charge in [0.2, 0.25) is 17.7 Å². The van der Waals surface area contributed by atoms with Gasteiger partial charge in [0.05, 0.1) is 18.2 Å². The van der Waals surface area contributed by atoms with Crippen LogP contribution in [-0.4, -0.2) is 30.0 Å². The van der Waals surface area contributed by atoms with Crippen molar-refractivity contribution in [1.29, 1.82) is 5.26 Å². The Hall–Kier alpha value is -3.02. The Kier molecular flexibility index (Phi) is 9.71. The number of benzene rings is 2. The summed E-state index contributed by atoms with van der Waals surface area (Å²) in [4.78, 5) is 38.7. The highest BCUT2D eigenvalue weighted by molar-refractivity contribution is 8.00. The summed E-state index contributed by atoms with van der Waals surface area (Å²) in [6.07, 6.45) is 0.0645. The van der Waals surface area contributed by atoms with Crippen LogP contribution in [0, 0.1) is 11.3 Å². The molecule has 9 heteroatoms. The number of nitrogens with one attached hydrogen (secondary N) is 2. The van der Waals surface area contributed by atoms with Crippen LogP contribution in [0.25, 0.3) is 0 Å². The molecule has 0 aliphatic heterocycles. The fourth-order valence-corrected chi connectivity index (χ4v) is 3.27. The largest absolute Gasteiger partial charge is 0.311 e. The number of carbonyl (C=O) groups is 3. The van der Waals surface area contributed by atoms with Gasteiger partial charge < -0.3 is 4.90 Å². The molecule has 0 unspecified atom stereocenters. The van der Waals surface area contributed by atoms with Crippen molar-refractivity contribution < 1.29 is 14.4 Å². The first-order valence-corrected chi connectivity index (χ1v) is 10.5. The third kappa shape index (κ3) is 8.15. The summed E-state index contributed by atoms with van der Waals surface area (Å²) in [5.74, 6) is -0.983. The first kappa shape index (κ1) is 23.3. The minimum Gasteiger partial charge on any atom is -0.311 e. The van der Waals surface area contributed by atoms with Gasteiger partial charge in [-0.3, -0.25) is 25.2 Å². The monoisotopic (exact) mass is 444 g/mol. The normalized spacial score (nSPS) is 10.0. The van der Waals surface area contributed by atoms with Crippen LogP contribution in [-0.2, 0) is 14.4 Å². The van der Waals surface area contributed by atoms with Crippen LogP contribution < -0.4 is 15.8 Å². The summed E-state index contributed by atoms with van der Waals surface area (Å²) in [5, 5.41) is 9.43. The summed E-state index contributed by atoms with van der Waals surface area (Å²) in [5.41, 5.74) is 5.31. The summed E-state index contributed by atoms with van der Waals surface area (Å²) in [6.45, 7) is 0.250. The van der Waals surface area contributed by atoms with Crippen LogP contribution >= 0.6 is 23.4 Å². The summed E-state index contributed by atoms with van der Waals surface area (Å²) < 4.78 is 0. The topological polar surface area (TPSA) is 102 Å². The second kappa shape index (κ2) is 12.5. The molecule has 156 valence electrons. The number of anilines is 1. The van der Waals surface area contributed by atoms with Crippen LogP contribution in [0.15, 0.2) is 59.5 Å². The number of amides is 3. The van der Waals surface area contributed by atoms with E-state index in [2.05, 4.69) is 10.9 Å². The molecule has 0 saturated heterocycles. The highest BCUT2D eigenvalue weighted by atomic mass is 35.5. The summed E-state index contributed by atoms with van der Waals surface area (Å²) >= 11 is 7.12. The molecule has 2 N–H and O–H groups in total. The summed E-state index contributed by atoms with van der Waals surface area (Å²) in [6, 6.07) is 18.1. The molecule has 0 aliphatic carbocycles. The van der Waals surface area contributed by atoms with Gasteiger partial charge in [-0.1, -0.05) is 29.8 Å². The lowest BCUT2D eigenvalue weighted by atomic mass is 10.2. The van der Waals surface area contributed by atoms with Crippen molar-refractivity contribution in [3.05, 3.63) is 59.6 Å². The first-order chi connectivity index (χ1) is 14.5. The molecule has 0 fully saturated rings. The third-order valence-electron chi connectivity index (χ3n) is 3.91. The van der Waals surface area contributed by atoms with Gasteiger partial charge in [0.25, 0.3) is 0 Å². The molecule has 2 aromatic carbocycles. The van der Waals surface area contributed by atoms with E-state index in [1.807, 2.05) is 12.1 Å². The molecule has 0 radical (unpaired) electrons. The molecule has 30 heavy (non-hydrogen) atoms. The second-order valence-electron chi connectivity index (χ2n) is 6.13. The van der Waals surface area contributed by atoms with Crippen molar-refractivity contribution in [1.82, 2.24) is 10.9 Å². The Balaban J connectivity index is 1.74.